The van der Waals surface area contributed by atoms with Gasteiger partial charge >= 0.3 is 0 Å². The van der Waals surface area contributed by atoms with E-state index in [2.05, 4.69) is 20.0 Å². The summed E-state index contributed by atoms with van der Waals surface area (Å²) >= 11 is 1.95. The van der Waals surface area contributed by atoms with E-state index in [0.717, 1.165) is 0 Å². The molecule has 0 aromatic carbocycles. The van der Waals surface area contributed by atoms with Crippen LogP contribution in [0.4, 0.5) is 0 Å². The van der Waals surface area contributed by atoms with Crippen LogP contribution in [0, 0.1) is 0 Å². The summed E-state index contributed by atoms with van der Waals surface area (Å²) in [5, 5.41) is 0. The van der Waals surface area contributed by atoms with E-state index >= 15 is 0 Å². The Kier molecular flexibility index (Phi) is 2.83. The fraction of sp³-hybridized carbons (Fsp3) is 1.00. The highest BCUT2D eigenvalue weighted by atomic mass is 32.2. The minimum absolute atomic E-state index is 0.448. The first kappa shape index (κ1) is 8.62. The van der Waals surface area contributed by atoms with Crippen LogP contribution in [0.1, 0.15) is 13.3 Å². The summed E-state index contributed by atoms with van der Waals surface area (Å²) in [6, 6.07) is 1.34. The zero-order valence-electron chi connectivity index (χ0n) is 7.02. The summed E-state index contributed by atoms with van der Waals surface area (Å²) in [5.74, 6) is 1.29. The molecule has 1 saturated heterocycles. The molecule has 1 heterocycles. The third-order valence-electron chi connectivity index (χ3n) is 1.76. The molecular weight excluding hydrogens is 160 g/mol. The summed E-state index contributed by atoms with van der Waals surface area (Å²) in [6.45, 7) is 6.80. The van der Waals surface area contributed by atoms with Gasteiger partial charge in [-0.1, -0.05) is 0 Å². The zero-order chi connectivity index (χ0) is 7.61. The van der Waals surface area contributed by atoms with Gasteiger partial charge in [-0.3, -0.25) is 0 Å². The summed E-state index contributed by atoms with van der Waals surface area (Å²) in [4.78, 5) is 0. The van der Waals surface area contributed by atoms with Crippen molar-refractivity contribution in [1.29, 1.82) is 0 Å². The summed E-state index contributed by atoms with van der Waals surface area (Å²) < 4.78 is 5.90. The van der Waals surface area contributed by atoms with E-state index in [1.807, 2.05) is 11.8 Å². The summed E-state index contributed by atoms with van der Waals surface area (Å²) in [6.07, 6.45) is 1.36. The number of rotatable bonds is 0. The molecule has 0 saturated carbocycles. The van der Waals surface area contributed by atoms with Crippen molar-refractivity contribution in [2.75, 3.05) is 5.75 Å². The standard InChI is InChI=1S/C7H16OSSi/c1-7-8-10(2,3)6-4-5-9-7/h7H,4-6H2,1-3H3. The highest BCUT2D eigenvalue weighted by Gasteiger charge is 2.27. The second kappa shape index (κ2) is 3.28. The van der Waals surface area contributed by atoms with Crippen molar-refractivity contribution in [1.82, 2.24) is 0 Å². The van der Waals surface area contributed by atoms with Gasteiger partial charge in [0.25, 0.3) is 0 Å². The van der Waals surface area contributed by atoms with Crippen molar-refractivity contribution >= 4 is 20.1 Å². The predicted octanol–water partition coefficient (Wildman–Crippen LogP) is 2.69. The summed E-state index contributed by atoms with van der Waals surface area (Å²) in [5.41, 5.74) is 0.448. The van der Waals surface area contributed by atoms with Crippen LogP contribution in [0.2, 0.25) is 19.1 Å². The molecule has 1 aliphatic rings. The Morgan fingerprint density at radius 3 is 2.90 bits per heavy atom. The number of hydrogen-bond acceptors (Lipinski definition) is 2. The van der Waals surface area contributed by atoms with Gasteiger partial charge in [0.1, 0.15) is 0 Å². The van der Waals surface area contributed by atoms with E-state index in [9.17, 15) is 0 Å². The lowest BCUT2D eigenvalue weighted by atomic mass is 10.6. The van der Waals surface area contributed by atoms with Crippen LogP contribution in [0.5, 0.6) is 0 Å². The largest absolute Gasteiger partial charge is 0.406 e. The molecule has 0 aromatic rings. The molecule has 0 spiro atoms. The third kappa shape index (κ3) is 2.64. The average molecular weight is 176 g/mol. The van der Waals surface area contributed by atoms with E-state index < -0.39 is 8.32 Å². The molecule has 60 valence electrons. The lowest BCUT2D eigenvalue weighted by Gasteiger charge is -2.22. The molecule has 0 aromatic heterocycles. The highest BCUT2D eigenvalue weighted by Crippen LogP contribution is 2.27. The maximum absolute atomic E-state index is 5.90. The van der Waals surface area contributed by atoms with Gasteiger partial charge in [-0.05, 0) is 38.2 Å². The van der Waals surface area contributed by atoms with Crippen LogP contribution < -0.4 is 0 Å². The Labute approximate surface area is 68.7 Å². The van der Waals surface area contributed by atoms with Crippen LogP contribution in [0.3, 0.4) is 0 Å². The topological polar surface area (TPSA) is 9.23 Å². The zero-order valence-corrected chi connectivity index (χ0v) is 8.83. The smallest absolute Gasteiger partial charge is 0.188 e. The van der Waals surface area contributed by atoms with Crippen LogP contribution in [0.15, 0.2) is 0 Å². The lowest BCUT2D eigenvalue weighted by molar-refractivity contribution is 0.299. The number of thioether (sulfide) groups is 1. The van der Waals surface area contributed by atoms with E-state index in [4.69, 9.17) is 4.43 Å². The average Bonchev–Trinajstić information content (AvgIpc) is 1.90. The molecular formula is C7H16OSSi. The molecule has 0 radical (unpaired) electrons. The van der Waals surface area contributed by atoms with Gasteiger partial charge in [-0.15, -0.1) is 11.8 Å². The van der Waals surface area contributed by atoms with Gasteiger partial charge in [0.2, 0.25) is 0 Å². The Morgan fingerprint density at radius 2 is 2.20 bits per heavy atom. The second-order valence-electron chi connectivity index (χ2n) is 3.42. The van der Waals surface area contributed by atoms with Gasteiger partial charge < -0.3 is 4.43 Å². The van der Waals surface area contributed by atoms with Crippen LogP contribution in [-0.2, 0) is 4.43 Å². The van der Waals surface area contributed by atoms with Gasteiger partial charge in [0, 0.05) is 0 Å². The fourth-order valence-electron chi connectivity index (χ4n) is 1.29. The molecule has 1 rings (SSSR count). The molecule has 0 bridgehead atoms. The first-order chi connectivity index (χ1) is 4.60. The Morgan fingerprint density at radius 1 is 1.50 bits per heavy atom. The van der Waals surface area contributed by atoms with E-state index in [1.54, 1.807) is 0 Å². The molecule has 1 aliphatic heterocycles. The van der Waals surface area contributed by atoms with E-state index in [-0.39, 0.29) is 0 Å². The number of hydrogen-bond donors (Lipinski definition) is 0. The van der Waals surface area contributed by atoms with Gasteiger partial charge in [0.05, 0.1) is 5.44 Å². The molecule has 0 N–H and O–H groups in total. The molecule has 1 fully saturated rings. The lowest BCUT2D eigenvalue weighted by Crippen LogP contribution is -2.31. The van der Waals surface area contributed by atoms with Crippen molar-refractivity contribution in [3.05, 3.63) is 0 Å². The normalized spacial score (nSPS) is 33.3. The van der Waals surface area contributed by atoms with Crippen molar-refractivity contribution < 1.29 is 4.43 Å². The maximum atomic E-state index is 5.90. The van der Waals surface area contributed by atoms with Crippen LogP contribution in [-0.4, -0.2) is 19.5 Å². The minimum Gasteiger partial charge on any atom is -0.406 e. The predicted molar refractivity (Wildman–Crippen MR) is 49.9 cm³/mol. The quantitative estimate of drug-likeness (QED) is 0.525. The van der Waals surface area contributed by atoms with Crippen molar-refractivity contribution in [3.8, 4) is 0 Å². The van der Waals surface area contributed by atoms with Crippen molar-refractivity contribution in [2.45, 2.75) is 37.9 Å². The Balaban J connectivity index is 2.46. The van der Waals surface area contributed by atoms with E-state index in [1.165, 1.54) is 18.2 Å². The molecule has 1 nitrogen and oxygen atoms in total. The Hall–Kier alpha value is 0.527. The maximum Gasteiger partial charge on any atom is 0.188 e. The van der Waals surface area contributed by atoms with Crippen LogP contribution in [0.25, 0.3) is 0 Å². The molecule has 3 heteroatoms. The first-order valence-electron chi connectivity index (χ1n) is 3.90. The molecule has 10 heavy (non-hydrogen) atoms. The molecule has 1 atom stereocenters. The Bertz CT molecular complexity index is 116. The first-order valence-corrected chi connectivity index (χ1v) is 8.06. The fourth-order valence-corrected chi connectivity index (χ4v) is 5.29. The van der Waals surface area contributed by atoms with Gasteiger partial charge in [0.15, 0.2) is 8.32 Å². The van der Waals surface area contributed by atoms with Gasteiger partial charge in [-0.2, -0.15) is 0 Å². The van der Waals surface area contributed by atoms with Crippen molar-refractivity contribution in [3.63, 3.8) is 0 Å². The van der Waals surface area contributed by atoms with Gasteiger partial charge in [-0.25, -0.2) is 0 Å². The van der Waals surface area contributed by atoms with Crippen LogP contribution >= 0.6 is 11.8 Å². The van der Waals surface area contributed by atoms with E-state index in [0.29, 0.717) is 5.44 Å². The summed E-state index contributed by atoms with van der Waals surface area (Å²) in [7, 11) is -1.22. The molecule has 1 unspecified atom stereocenters. The van der Waals surface area contributed by atoms with Crippen molar-refractivity contribution in [2.24, 2.45) is 0 Å². The second-order valence-corrected chi connectivity index (χ2v) is 9.08. The highest BCUT2D eigenvalue weighted by molar-refractivity contribution is 7.99. The minimum atomic E-state index is -1.22. The molecule has 0 aliphatic carbocycles. The SMILES string of the molecule is CC1O[Si](C)(C)CCCS1. The third-order valence-corrected chi connectivity index (χ3v) is 5.57. The monoisotopic (exact) mass is 176 g/mol. The molecule has 0 amide bonds.